The Kier molecular flexibility index (Phi) is 3.71. The second-order valence-corrected chi connectivity index (χ2v) is 3.30. The molecule has 6 nitrogen and oxygen atoms in total. The van der Waals surface area contributed by atoms with Crippen molar-refractivity contribution in [2.45, 2.75) is 6.92 Å². The predicted molar refractivity (Wildman–Crippen MR) is 58.8 cm³/mol. The highest BCUT2D eigenvalue weighted by atomic mass is 16.6. The Labute approximate surface area is 96.3 Å². The largest absolute Gasteiger partial charge is 0.478 e. The van der Waals surface area contributed by atoms with E-state index in [1.807, 2.05) is 0 Å². The number of carboxylic acid groups (broad SMARTS) is 1. The molecule has 0 aliphatic rings. The highest BCUT2D eigenvalue weighted by molar-refractivity contribution is 6.10. The Balaban J connectivity index is 3.09. The average Bonchev–Trinajstić information content (AvgIpc) is 2.27. The lowest BCUT2D eigenvalue weighted by molar-refractivity contribution is -0.384. The third-order valence-corrected chi connectivity index (χ3v) is 2.02. The number of Topliss-reactive ketones (excluding diaryl/α,β-unsaturated/α-hetero) is 1. The third-order valence-electron chi connectivity index (χ3n) is 2.02. The fourth-order valence-electron chi connectivity index (χ4n) is 1.24. The number of nitro benzene ring substituents is 1. The number of non-ortho nitro benzene ring substituents is 1. The number of nitro groups is 1. The fraction of sp³-hybridized carbons (Fsp3) is 0.0909. The van der Waals surface area contributed by atoms with E-state index in [1.54, 1.807) is 0 Å². The lowest BCUT2D eigenvalue weighted by Gasteiger charge is -2.00. The zero-order valence-electron chi connectivity index (χ0n) is 8.91. The fourth-order valence-corrected chi connectivity index (χ4v) is 1.24. The number of carboxylic acids is 1. The van der Waals surface area contributed by atoms with Crippen LogP contribution in [-0.2, 0) is 4.79 Å². The maximum Gasteiger partial charge on any atom is 0.328 e. The van der Waals surface area contributed by atoms with Gasteiger partial charge >= 0.3 is 5.97 Å². The van der Waals surface area contributed by atoms with Crippen LogP contribution in [0, 0.1) is 10.1 Å². The van der Waals surface area contributed by atoms with Crippen molar-refractivity contribution in [3.63, 3.8) is 0 Å². The first-order chi connectivity index (χ1) is 7.91. The van der Waals surface area contributed by atoms with E-state index in [0.29, 0.717) is 0 Å². The lowest BCUT2D eigenvalue weighted by atomic mass is 10.0. The van der Waals surface area contributed by atoms with E-state index in [-0.39, 0.29) is 16.8 Å². The third kappa shape index (κ3) is 3.23. The molecule has 0 radical (unpaired) electrons. The minimum atomic E-state index is -1.23. The standard InChI is InChI=1S/C11H9NO5/c1-7(5-10(13)14)11(15)8-3-2-4-9(6-8)12(16)17/h2-6H,1H3,(H,13,14). The van der Waals surface area contributed by atoms with Gasteiger partial charge in [-0.2, -0.15) is 0 Å². The molecule has 0 aliphatic carbocycles. The Morgan fingerprint density at radius 3 is 2.59 bits per heavy atom. The van der Waals surface area contributed by atoms with Gasteiger partial charge in [0.2, 0.25) is 0 Å². The van der Waals surface area contributed by atoms with Crippen LogP contribution in [0.4, 0.5) is 5.69 Å². The highest BCUT2D eigenvalue weighted by Crippen LogP contribution is 2.15. The van der Waals surface area contributed by atoms with Gasteiger partial charge in [-0.3, -0.25) is 14.9 Å². The van der Waals surface area contributed by atoms with Crippen molar-refractivity contribution in [3.05, 3.63) is 51.6 Å². The van der Waals surface area contributed by atoms with Crippen molar-refractivity contribution in [2.75, 3.05) is 0 Å². The van der Waals surface area contributed by atoms with Gasteiger partial charge < -0.3 is 5.11 Å². The van der Waals surface area contributed by atoms with E-state index in [1.165, 1.54) is 25.1 Å². The van der Waals surface area contributed by atoms with Crippen LogP contribution >= 0.6 is 0 Å². The molecule has 0 fully saturated rings. The Morgan fingerprint density at radius 2 is 2.06 bits per heavy atom. The number of rotatable bonds is 4. The molecular formula is C11H9NO5. The van der Waals surface area contributed by atoms with E-state index in [2.05, 4.69) is 0 Å². The van der Waals surface area contributed by atoms with Crippen molar-refractivity contribution in [1.82, 2.24) is 0 Å². The molecule has 0 unspecified atom stereocenters. The Hall–Kier alpha value is -2.50. The van der Waals surface area contributed by atoms with Crippen LogP contribution in [-0.4, -0.2) is 21.8 Å². The van der Waals surface area contributed by atoms with Gasteiger partial charge in [0.1, 0.15) is 0 Å². The molecule has 1 aromatic carbocycles. The second kappa shape index (κ2) is 5.02. The van der Waals surface area contributed by atoms with E-state index >= 15 is 0 Å². The van der Waals surface area contributed by atoms with Crippen molar-refractivity contribution >= 4 is 17.4 Å². The van der Waals surface area contributed by atoms with Crippen LogP contribution in [0.1, 0.15) is 17.3 Å². The van der Waals surface area contributed by atoms with Crippen LogP contribution < -0.4 is 0 Å². The minimum absolute atomic E-state index is 0.0120. The molecule has 0 heterocycles. The summed E-state index contributed by atoms with van der Waals surface area (Å²) < 4.78 is 0. The van der Waals surface area contributed by atoms with Crippen LogP contribution in [0.5, 0.6) is 0 Å². The normalized spacial score (nSPS) is 11.0. The molecule has 0 aromatic heterocycles. The highest BCUT2D eigenvalue weighted by Gasteiger charge is 2.13. The van der Waals surface area contributed by atoms with Crippen LogP contribution in [0.15, 0.2) is 35.9 Å². The Bertz CT molecular complexity index is 518. The summed E-state index contributed by atoms with van der Waals surface area (Å²) in [6.45, 7) is 1.34. The van der Waals surface area contributed by atoms with Crippen molar-refractivity contribution in [1.29, 1.82) is 0 Å². The van der Waals surface area contributed by atoms with Gasteiger partial charge in [0.25, 0.3) is 5.69 Å². The topological polar surface area (TPSA) is 97.5 Å². The van der Waals surface area contributed by atoms with Crippen molar-refractivity contribution < 1.29 is 19.6 Å². The number of hydrogen-bond acceptors (Lipinski definition) is 4. The summed E-state index contributed by atoms with van der Waals surface area (Å²) in [7, 11) is 0. The Morgan fingerprint density at radius 1 is 1.41 bits per heavy atom. The summed E-state index contributed by atoms with van der Waals surface area (Å²) in [6, 6.07) is 5.14. The molecule has 88 valence electrons. The number of ketones is 1. The number of benzene rings is 1. The molecule has 0 atom stereocenters. The summed E-state index contributed by atoms with van der Waals surface area (Å²) in [5.74, 6) is -1.78. The molecule has 0 saturated heterocycles. The molecule has 1 rings (SSSR count). The molecular weight excluding hydrogens is 226 g/mol. The van der Waals surface area contributed by atoms with Crippen LogP contribution in [0.2, 0.25) is 0 Å². The SMILES string of the molecule is CC(=CC(=O)O)C(=O)c1cccc([N+](=O)[O-])c1. The van der Waals surface area contributed by atoms with Gasteiger partial charge in [0.15, 0.2) is 5.78 Å². The first-order valence-electron chi connectivity index (χ1n) is 4.62. The smallest absolute Gasteiger partial charge is 0.328 e. The summed E-state index contributed by atoms with van der Waals surface area (Å²) in [6.07, 6.45) is 0.765. The average molecular weight is 235 g/mol. The monoisotopic (exact) mass is 235 g/mol. The van der Waals surface area contributed by atoms with Gasteiger partial charge in [-0.1, -0.05) is 12.1 Å². The summed E-state index contributed by atoms with van der Waals surface area (Å²) in [4.78, 5) is 32.0. The zero-order chi connectivity index (χ0) is 13.0. The molecule has 1 N–H and O–H groups in total. The van der Waals surface area contributed by atoms with Crippen molar-refractivity contribution in [2.24, 2.45) is 0 Å². The first kappa shape index (κ1) is 12.6. The summed E-state index contributed by atoms with van der Waals surface area (Å²) in [5.41, 5.74) is -0.105. The van der Waals surface area contributed by atoms with E-state index < -0.39 is 16.7 Å². The van der Waals surface area contributed by atoms with E-state index in [9.17, 15) is 19.7 Å². The molecule has 0 spiro atoms. The van der Waals surface area contributed by atoms with Crippen LogP contribution in [0.3, 0.4) is 0 Å². The summed E-state index contributed by atoms with van der Waals surface area (Å²) in [5, 5.41) is 19.0. The number of hydrogen-bond donors (Lipinski definition) is 1. The molecule has 17 heavy (non-hydrogen) atoms. The van der Waals surface area contributed by atoms with E-state index in [0.717, 1.165) is 12.1 Å². The maximum atomic E-state index is 11.7. The number of allylic oxidation sites excluding steroid dienone is 1. The van der Waals surface area contributed by atoms with E-state index in [4.69, 9.17) is 5.11 Å². The number of aliphatic carboxylic acids is 1. The second-order valence-electron chi connectivity index (χ2n) is 3.30. The maximum absolute atomic E-state index is 11.7. The van der Waals surface area contributed by atoms with Crippen molar-refractivity contribution in [3.8, 4) is 0 Å². The van der Waals surface area contributed by atoms with Gasteiger partial charge in [-0.05, 0) is 6.92 Å². The molecule has 0 amide bonds. The first-order valence-corrected chi connectivity index (χ1v) is 4.62. The number of carbonyl (C=O) groups excluding carboxylic acids is 1. The molecule has 1 aromatic rings. The molecule has 0 aliphatic heterocycles. The van der Waals surface area contributed by atoms with Gasteiger partial charge in [0.05, 0.1) is 4.92 Å². The van der Waals surface area contributed by atoms with Gasteiger partial charge in [0, 0.05) is 29.3 Å². The number of nitrogens with zero attached hydrogens (tertiary/aromatic N) is 1. The lowest BCUT2D eigenvalue weighted by Crippen LogP contribution is -2.04. The number of carbonyl (C=O) groups is 2. The molecule has 6 heteroatoms. The summed E-state index contributed by atoms with van der Waals surface area (Å²) >= 11 is 0. The van der Waals surface area contributed by atoms with Gasteiger partial charge in [-0.25, -0.2) is 4.79 Å². The minimum Gasteiger partial charge on any atom is -0.478 e. The van der Waals surface area contributed by atoms with Crippen LogP contribution in [0.25, 0.3) is 0 Å². The predicted octanol–water partition coefficient (Wildman–Crippen LogP) is 1.81. The quantitative estimate of drug-likeness (QED) is 0.371. The zero-order valence-corrected chi connectivity index (χ0v) is 8.91. The molecule has 0 bridgehead atoms. The van der Waals surface area contributed by atoms with Gasteiger partial charge in [-0.15, -0.1) is 0 Å². The molecule has 0 saturated carbocycles.